The zero-order valence-electron chi connectivity index (χ0n) is 16.5. The van der Waals surface area contributed by atoms with E-state index >= 15 is 0 Å². The summed E-state index contributed by atoms with van der Waals surface area (Å²) in [6.45, 7) is 3.71. The topological polar surface area (TPSA) is 116 Å². The Kier molecular flexibility index (Phi) is 6.14. The molecule has 10 heteroatoms. The number of hydrogen-bond acceptors (Lipinski definition) is 8. The molecule has 3 rings (SSSR count). The van der Waals surface area contributed by atoms with Gasteiger partial charge in [-0.15, -0.1) is 0 Å². The van der Waals surface area contributed by atoms with Crippen molar-refractivity contribution in [3.05, 3.63) is 48.6 Å². The predicted octanol–water partition coefficient (Wildman–Crippen LogP) is 2.82. The third kappa shape index (κ3) is 4.54. The summed E-state index contributed by atoms with van der Waals surface area (Å²) in [6.07, 6.45) is 3.23. The first-order chi connectivity index (χ1) is 13.9. The van der Waals surface area contributed by atoms with Crippen LogP contribution in [0.2, 0.25) is 0 Å². The third-order valence-corrected chi connectivity index (χ3v) is 5.72. The molecule has 1 aromatic carbocycles. The lowest BCUT2D eigenvalue weighted by atomic mass is 10.1. The van der Waals surface area contributed by atoms with Crippen molar-refractivity contribution < 1.29 is 22.4 Å². The lowest BCUT2D eigenvalue weighted by molar-refractivity contribution is 0.311. The number of benzene rings is 1. The van der Waals surface area contributed by atoms with Gasteiger partial charge in [0.15, 0.2) is 0 Å². The quantitative estimate of drug-likeness (QED) is 0.594. The average Bonchev–Trinajstić information content (AvgIpc) is 3.22. The Morgan fingerprint density at radius 2 is 1.79 bits per heavy atom. The summed E-state index contributed by atoms with van der Waals surface area (Å²) in [6, 6.07) is 7.30. The Bertz CT molecular complexity index is 1070. The fourth-order valence-electron chi connectivity index (χ4n) is 2.68. The molecule has 29 heavy (non-hydrogen) atoms. The highest BCUT2D eigenvalue weighted by molar-refractivity contribution is 7.89. The number of hydrogen-bond donors (Lipinski definition) is 1. The lowest BCUT2D eigenvalue weighted by Crippen LogP contribution is -2.32. The molecule has 0 amide bonds. The maximum absolute atomic E-state index is 13.1. The summed E-state index contributed by atoms with van der Waals surface area (Å²) in [5.74, 6) is 0.949. The molecule has 2 aromatic heterocycles. The van der Waals surface area contributed by atoms with Gasteiger partial charge in [-0.2, -0.15) is 9.71 Å². The van der Waals surface area contributed by atoms with Gasteiger partial charge in [-0.3, -0.25) is 4.98 Å². The van der Waals surface area contributed by atoms with Crippen LogP contribution in [0.15, 0.2) is 52.1 Å². The molecule has 9 nitrogen and oxygen atoms in total. The summed E-state index contributed by atoms with van der Waals surface area (Å²) in [5, 5.41) is 3.96. The van der Waals surface area contributed by atoms with Crippen molar-refractivity contribution in [2.75, 3.05) is 14.2 Å². The van der Waals surface area contributed by atoms with E-state index in [0.29, 0.717) is 11.6 Å². The second-order valence-corrected chi connectivity index (χ2v) is 8.23. The number of pyridine rings is 1. The van der Waals surface area contributed by atoms with Crippen LogP contribution in [0.3, 0.4) is 0 Å². The van der Waals surface area contributed by atoms with E-state index in [0.717, 1.165) is 5.56 Å². The predicted molar refractivity (Wildman–Crippen MR) is 105 cm³/mol. The molecule has 0 fully saturated rings. The van der Waals surface area contributed by atoms with Crippen molar-refractivity contribution in [1.82, 2.24) is 19.8 Å². The van der Waals surface area contributed by atoms with Gasteiger partial charge in [-0.05, 0) is 30.2 Å². The van der Waals surface area contributed by atoms with Crippen molar-refractivity contribution in [1.29, 1.82) is 0 Å². The largest absolute Gasteiger partial charge is 0.497 e. The maximum atomic E-state index is 13.1. The van der Waals surface area contributed by atoms with E-state index in [-0.39, 0.29) is 22.5 Å². The molecule has 2 heterocycles. The van der Waals surface area contributed by atoms with E-state index in [1.165, 1.54) is 26.4 Å². The molecule has 3 aromatic rings. The number of sulfonamides is 1. The zero-order valence-corrected chi connectivity index (χ0v) is 17.3. The van der Waals surface area contributed by atoms with Crippen LogP contribution < -0.4 is 14.2 Å². The minimum atomic E-state index is -3.98. The molecular formula is C19H22N4O5S. The van der Waals surface area contributed by atoms with Gasteiger partial charge in [-0.25, -0.2) is 8.42 Å². The van der Waals surface area contributed by atoms with E-state index in [2.05, 4.69) is 19.8 Å². The fourth-order valence-corrected chi connectivity index (χ4v) is 4.20. The van der Waals surface area contributed by atoms with E-state index < -0.39 is 16.1 Å². The minimum absolute atomic E-state index is 0.0427. The van der Waals surface area contributed by atoms with Crippen LogP contribution >= 0.6 is 0 Å². The fraction of sp³-hybridized carbons (Fsp3) is 0.316. The second-order valence-electron chi connectivity index (χ2n) is 6.55. The van der Waals surface area contributed by atoms with Crippen molar-refractivity contribution in [2.45, 2.75) is 24.8 Å². The molecule has 0 radical (unpaired) electrons. The first kappa shape index (κ1) is 20.7. The maximum Gasteiger partial charge on any atom is 0.245 e. The molecule has 154 valence electrons. The molecular weight excluding hydrogens is 396 g/mol. The first-order valence-corrected chi connectivity index (χ1v) is 10.3. The van der Waals surface area contributed by atoms with Gasteiger partial charge in [0.25, 0.3) is 0 Å². The van der Waals surface area contributed by atoms with Gasteiger partial charge in [0.1, 0.15) is 22.4 Å². The summed E-state index contributed by atoms with van der Waals surface area (Å²) in [4.78, 5) is 8.28. The normalized spacial score (nSPS) is 12.7. The smallest absolute Gasteiger partial charge is 0.245 e. The first-order valence-electron chi connectivity index (χ1n) is 8.84. The van der Waals surface area contributed by atoms with Gasteiger partial charge >= 0.3 is 0 Å². The summed E-state index contributed by atoms with van der Waals surface area (Å²) >= 11 is 0. The van der Waals surface area contributed by atoms with Crippen LogP contribution in [-0.4, -0.2) is 37.8 Å². The number of rotatable bonds is 8. The molecule has 1 N–H and O–H groups in total. The summed E-state index contributed by atoms with van der Waals surface area (Å²) in [5.41, 5.74) is 0.717. The third-order valence-electron chi connectivity index (χ3n) is 4.26. The van der Waals surface area contributed by atoms with Gasteiger partial charge in [0, 0.05) is 24.0 Å². The monoisotopic (exact) mass is 418 g/mol. The van der Waals surface area contributed by atoms with E-state index in [9.17, 15) is 8.42 Å². The average molecular weight is 418 g/mol. The van der Waals surface area contributed by atoms with Crippen LogP contribution in [0.1, 0.15) is 25.8 Å². The van der Waals surface area contributed by atoms with Gasteiger partial charge < -0.3 is 14.0 Å². The van der Waals surface area contributed by atoms with Crippen LogP contribution in [0.25, 0.3) is 11.4 Å². The number of ether oxygens (including phenoxy) is 2. The number of aromatic nitrogens is 3. The molecule has 0 saturated carbocycles. The van der Waals surface area contributed by atoms with Crippen LogP contribution in [-0.2, 0) is 10.0 Å². The van der Waals surface area contributed by atoms with E-state index in [1.807, 2.05) is 13.8 Å². The number of methoxy groups -OCH3 is 2. The van der Waals surface area contributed by atoms with Crippen molar-refractivity contribution in [3.8, 4) is 22.9 Å². The molecule has 0 saturated heterocycles. The Morgan fingerprint density at radius 3 is 2.41 bits per heavy atom. The molecule has 1 unspecified atom stereocenters. The van der Waals surface area contributed by atoms with Gasteiger partial charge in [0.05, 0.1) is 14.2 Å². The number of nitrogens with zero attached hydrogens (tertiary/aromatic N) is 3. The van der Waals surface area contributed by atoms with Crippen molar-refractivity contribution >= 4 is 10.0 Å². The lowest BCUT2D eigenvalue weighted by Gasteiger charge is -2.19. The molecule has 0 aliphatic heterocycles. The number of nitrogens with one attached hydrogen (secondary N) is 1. The molecule has 0 aliphatic rings. The minimum Gasteiger partial charge on any atom is -0.497 e. The Labute approximate surface area is 169 Å². The highest BCUT2D eigenvalue weighted by atomic mass is 32.2. The molecule has 0 spiro atoms. The van der Waals surface area contributed by atoms with E-state index in [1.54, 1.807) is 30.6 Å². The Balaban J connectivity index is 1.95. The van der Waals surface area contributed by atoms with Gasteiger partial charge in [-0.1, -0.05) is 19.0 Å². The molecule has 1 atom stereocenters. The molecule has 0 bridgehead atoms. The summed E-state index contributed by atoms with van der Waals surface area (Å²) in [7, 11) is -1.11. The highest BCUT2D eigenvalue weighted by Crippen LogP contribution is 2.31. The Hall–Kier alpha value is -2.98. The SMILES string of the molecule is COc1ccc(OC)c(S(=O)(=O)NC(c2nc(-c3ccncc3)no2)C(C)C)c1. The Morgan fingerprint density at radius 1 is 1.07 bits per heavy atom. The van der Waals surface area contributed by atoms with Gasteiger partial charge in [0.2, 0.25) is 21.7 Å². The van der Waals surface area contributed by atoms with Crippen molar-refractivity contribution in [3.63, 3.8) is 0 Å². The van der Waals surface area contributed by atoms with E-state index in [4.69, 9.17) is 14.0 Å². The van der Waals surface area contributed by atoms with Crippen LogP contribution in [0, 0.1) is 5.92 Å². The standard InChI is InChI=1S/C19H22N4O5S/c1-12(2)17(19-21-18(22-28-19)13-7-9-20-10-8-13)23-29(24,25)16-11-14(26-3)5-6-15(16)27-4/h5-12,17,23H,1-4H3. The summed E-state index contributed by atoms with van der Waals surface area (Å²) < 4.78 is 44.6. The highest BCUT2D eigenvalue weighted by Gasteiger charge is 2.30. The zero-order chi connectivity index (χ0) is 21.0. The van der Waals surface area contributed by atoms with Crippen molar-refractivity contribution in [2.24, 2.45) is 5.92 Å². The second kappa shape index (κ2) is 8.58. The van der Waals surface area contributed by atoms with Crippen LogP contribution in [0.5, 0.6) is 11.5 Å². The van der Waals surface area contributed by atoms with Crippen LogP contribution in [0.4, 0.5) is 0 Å². The molecule has 0 aliphatic carbocycles.